The van der Waals surface area contributed by atoms with Gasteiger partial charge in [0.1, 0.15) is 0 Å². The van der Waals surface area contributed by atoms with E-state index in [-0.39, 0.29) is 24.2 Å². The molecule has 0 unspecified atom stereocenters. The second kappa shape index (κ2) is 11.6. The van der Waals surface area contributed by atoms with Gasteiger partial charge in [0.25, 0.3) is 11.8 Å². The van der Waals surface area contributed by atoms with Crippen molar-refractivity contribution in [1.29, 1.82) is 0 Å². The van der Waals surface area contributed by atoms with Crippen LogP contribution in [0.15, 0.2) is 60.7 Å². The lowest BCUT2D eigenvalue weighted by atomic mass is 10.2. The molecule has 3 rings (SSSR count). The number of pyridine rings is 1. The van der Waals surface area contributed by atoms with E-state index in [1.165, 1.54) is 17.6 Å². The van der Waals surface area contributed by atoms with Crippen LogP contribution in [-0.4, -0.2) is 63.9 Å². The number of benzene rings is 1. The molecule has 1 aliphatic rings. The van der Waals surface area contributed by atoms with Gasteiger partial charge in [0.15, 0.2) is 0 Å². The van der Waals surface area contributed by atoms with Crippen LogP contribution >= 0.6 is 12.4 Å². The number of hydrogen-bond donors (Lipinski definition) is 2. The number of rotatable bonds is 5. The molecule has 0 radical (unpaired) electrons. The van der Waals surface area contributed by atoms with Crippen LogP contribution in [0.4, 0.5) is 0 Å². The maximum absolute atomic E-state index is 12.5. The number of nitrogens with one attached hydrogen (secondary N) is 1. The van der Waals surface area contributed by atoms with E-state index in [9.17, 15) is 14.4 Å². The van der Waals surface area contributed by atoms with Crippen LogP contribution in [0.5, 0.6) is 0 Å². The molecule has 0 atom stereocenters. The monoisotopic (exact) mass is 442 g/mol. The number of nitrogens with zero attached hydrogens (tertiary/aromatic N) is 3. The van der Waals surface area contributed by atoms with Crippen molar-refractivity contribution in [1.82, 2.24) is 20.3 Å². The van der Waals surface area contributed by atoms with Gasteiger partial charge in [-0.05, 0) is 36.4 Å². The fraction of sp³-hybridized carbons (Fsp3) is 0.182. The molecule has 1 fully saturated rings. The lowest BCUT2D eigenvalue weighted by molar-refractivity contribution is -0.127. The van der Waals surface area contributed by atoms with Crippen LogP contribution in [0.1, 0.15) is 21.7 Å². The Morgan fingerprint density at radius 3 is 2.03 bits per heavy atom. The predicted octanol–water partition coefficient (Wildman–Crippen LogP) is 2.02. The van der Waals surface area contributed by atoms with Crippen molar-refractivity contribution in [3.05, 3.63) is 77.6 Å². The van der Waals surface area contributed by atoms with Crippen LogP contribution in [-0.2, 0) is 9.59 Å². The second-order valence-electron chi connectivity index (χ2n) is 6.61. The number of hydroxylamine groups is 1. The zero-order chi connectivity index (χ0) is 21.3. The molecule has 0 bridgehead atoms. The van der Waals surface area contributed by atoms with Crippen molar-refractivity contribution < 1.29 is 19.6 Å². The third-order valence-corrected chi connectivity index (χ3v) is 4.60. The highest BCUT2D eigenvalue weighted by molar-refractivity contribution is 5.95. The van der Waals surface area contributed by atoms with E-state index in [0.717, 1.165) is 6.08 Å². The van der Waals surface area contributed by atoms with Crippen molar-refractivity contribution in [2.24, 2.45) is 0 Å². The summed E-state index contributed by atoms with van der Waals surface area (Å²) in [5, 5.41) is 8.50. The fourth-order valence-corrected chi connectivity index (χ4v) is 3.01. The molecule has 31 heavy (non-hydrogen) atoms. The Labute approximate surface area is 186 Å². The topological polar surface area (TPSA) is 103 Å². The number of halogens is 1. The summed E-state index contributed by atoms with van der Waals surface area (Å²) in [6.45, 7) is 1.90. The highest BCUT2D eigenvalue weighted by atomic mass is 35.5. The van der Waals surface area contributed by atoms with Crippen molar-refractivity contribution in [3.8, 4) is 0 Å². The van der Waals surface area contributed by atoms with Gasteiger partial charge in [-0.1, -0.05) is 24.3 Å². The minimum atomic E-state index is -0.655. The Morgan fingerprint density at radius 1 is 0.839 bits per heavy atom. The average Bonchev–Trinajstić information content (AvgIpc) is 2.81. The molecule has 9 heteroatoms. The van der Waals surface area contributed by atoms with Gasteiger partial charge in [-0.3, -0.25) is 19.6 Å². The van der Waals surface area contributed by atoms with Gasteiger partial charge >= 0.3 is 0 Å². The molecule has 162 valence electrons. The van der Waals surface area contributed by atoms with Gasteiger partial charge in [-0.25, -0.2) is 10.5 Å². The number of aromatic nitrogens is 1. The Morgan fingerprint density at radius 2 is 1.42 bits per heavy atom. The maximum Gasteiger partial charge on any atom is 0.267 e. The summed E-state index contributed by atoms with van der Waals surface area (Å²) in [4.78, 5) is 43.8. The summed E-state index contributed by atoms with van der Waals surface area (Å²) in [6, 6.07) is 14.3. The van der Waals surface area contributed by atoms with Crippen LogP contribution in [0.25, 0.3) is 12.2 Å². The highest BCUT2D eigenvalue weighted by Crippen LogP contribution is 2.10. The van der Waals surface area contributed by atoms with E-state index in [1.54, 1.807) is 46.2 Å². The molecule has 0 aliphatic carbocycles. The first-order valence-electron chi connectivity index (χ1n) is 9.47. The first-order chi connectivity index (χ1) is 14.6. The smallest absolute Gasteiger partial charge is 0.267 e. The molecule has 1 aromatic carbocycles. The molecule has 1 aromatic heterocycles. The van der Waals surface area contributed by atoms with Crippen molar-refractivity contribution in [3.63, 3.8) is 0 Å². The van der Waals surface area contributed by atoms with Crippen molar-refractivity contribution >= 4 is 42.3 Å². The van der Waals surface area contributed by atoms with Crippen LogP contribution in [0, 0.1) is 0 Å². The van der Waals surface area contributed by atoms with E-state index in [4.69, 9.17) is 5.21 Å². The van der Waals surface area contributed by atoms with E-state index in [0.29, 0.717) is 43.1 Å². The molecule has 0 saturated carbocycles. The Kier molecular flexibility index (Phi) is 8.93. The van der Waals surface area contributed by atoms with Crippen LogP contribution < -0.4 is 5.48 Å². The largest absolute Gasteiger partial charge is 0.336 e. The van der Waals surface area contributed by atoms with Crippen molar-refractivity contribution in [2.45, 2.75) is 0 Å². The maximum atomic E-state index is 12.5. The SMILES string of the molecule is Cl.O=C(/C=C/c1cccc(/C=C/C(=O)N2CCN(C(=O)c3ccccc3)CC2)n1)NO. The summed E-state index contributed by atoms with van der Waals surface area (Å²) in [6.07, 6.45) is 5.66. The summed E-state index contributed by atoms with van der Waals surface area (Å²) in [7, 11) is 0. The van der Waals surface area contributed by atoms with Gasteiger partial charge < -0.3 is 9.80 Å². The number of amides is 3. The molecule has 3 amide bonds. The summed E-state index contributed by atoms with van der Waals surface area (Å²) in [5.41, 5.74) is 3.23. The first-order valence-corrected chi connectivity index (χ1v) is 9.47. The first kappa shape index (κ1) is 23.8. The highest BCUT2D eigenvalue weighted by Gasteiger charge is 2.23. The molecule has 8 nitrogen and oxygen atoms in total. The lowest BCUT2D eigenvalue weighted by Gasteiger charge is -2.34. The average molecular weight is 443 g/mol. The van der Waals surface area contributed by atoms with E-state index in [2.05, 4.69) is 4.98 Å². The van der Waals surface area contributed by atoms with Crippen LogP contribution in [0.3, 0.4) is 0 Å². The normalized spacial score (nSPS) is 13.8. The zero-order valence-electron chi connectivity index (χ0n) is 16.7. The minimum Gasteiger partial charge on any atom is -0.336 e. The molecular weight excluding hydrogens is 420 g/mol. The van der Waals surface area contributed by atoms with Gasteiger partial charge in [0.2, 0.25) is 5.91 Å². The number of piperazine rings is 1. The Hall–Kier alpha value is -3.49. The van der Waals surface area contributed by atoms with E-state index in [1.807, 2.05) is 18.2 Å². The molecule has 2 N–H and O–H groups in total. The zero-order valence-corrected chi connectivity index (χ0v) is 17.5. The quantitative estimate of drug-likeness (QED) is 0.419. The second-order valence-corrected chi connectivity index (χ2v) is 6.61. The van der Waals surface area contributed by atoms with E-state index >= 15 is 0 Å². The third kappa shape index (κ3) is 6.77. The molecule has 2 heterocycles. The molecule has 1 aliphatic heterocycles. The summed E-state index contributed by atoms with van der Waals surface area (Å²) < 4.78 is 0. The third-order valence-electron chi connectivity index (χ3n) is 4.60. The lowest BCUT2D eigenvalue weighted by Crippen LogP contribution is -2.50. The van der Waals surface area contributed by atoms with Gasteiger partial charge in [0, 0.05) is 43.9 Å². The summed E-state index contributed by atoms with van der Waals surface area (Å²) >= 11 is 0. The predicted molar refractivity (Wildman–Crippen MR) is 118 cm³/mol. The standard InChI is InChI=1S/C22H22N4O4.ClH/c27-20(24-30)11-9-18-7-4-8-19(23-18)10-12-21(28)25-13-15-26(16-14-25)22(29)17-5-2-1-3-6-17;/h1-12,30H,13-16H2,(H,24,27);1H/b11-9+,12-10+;. The van der Waals surface area contributed by atoms with Crippen LogP contribution in [0.2, 0.25) is 0 Å². The molecular formula is C22H23ClN4O4. The molecule has 1 saturated heterocycles. The number of hydrogen-bond acceptors (Lipinski definition) is 5. The van der Waals surface area contributed by atoms with Gasteiger partial charge in [-0.15, -0.1) is 12.4 Å². The fourth-order valence-electron chi connectivity index (χ4n) is 3.01. The van der Waals surface area contributed by atoms with E-state index < -0.39 is 5.91 Å². The van der Waals surface area contributed by atoms with Gasteiger partial charge in [-0.2, -0.15) is 0 Å². The molecule has 2 aromatic rings. The number of carbonyl (C=O) groups is 3. The summed E-state index contributed by atoms with van der Waals surface area (Å²) in [5.74, 6) is -0.829. The number of carbonyl (C=O) groups excluding carboxylic acids is 3. The van der Waals surface area contributed by atoms with Crippen molar-refractivity contribution in [2.75, 3.05) is 26.2 Å². The Bertz CT molecular complexity index is 970. The van der Waals surface area contributed by atoms with Gasteiger partial charge in [0.05, 0.1) is 11.4 Å². The Balaban J connectivity index is 0.00000341. The minimum absolute atomic E-state index is 0. The molecule has 0 spiro atoms.